The van der Waals surface area contributed by atoms with Crippen molar-refractivity contribution in [3.8, 4) is 0 Å². The van der Waals surface area contributed by atoms with Crippen molar-refractivity contribution >= 4 is 0 Å². The standard InChI is InChI=1S/C13H21NO3/c1-11-4-5-12(17-11)13-10-14(7-9-16-13)6-2-3-8-15/h4-5,13,15H,2-3,6-10H2,1H3. The smallest absolute Gasteiger partial charge is 0.134 e. The van der Waals surface area contributed by atoms with Gasteiger partial charge in [-0.25, -0.2) is 0 Å². The lowest BCUT2D eigenvalue weighted by Crippen LogP contribution is -2.38. The first-order valence-electron chi connectivity index (χ1n) is 6.31. The zero-order chi connectivity index (χ0) is 12.1. The van der Waals surface area contributed by atoms with Gasteiger partial charge in [-0.1, -0.05) is 0 Å². The second kappa shape index (κ2) is 6.19. The number of nitrogens with zero attached hydrogens (tertiary/aromatic N) is 1. The van der Waals surface area contributed by atoms with Crippen molar-refractivity contribution in [2.24, 2.45) is 0 Å². The predicted molar refractivity (Wildman–Crippen MR) is 64.9 cm³/mol. The van der Waals surface area contributed by atoms with Gasteiger partial charge in [0.2, 0.25) is 0 Å². The van der Waals surface area contributed by atoms with Gasteiger partial charge in [0.15, 0.2) is 0 Å². The third-order valence-electron chi connectivity index (χ3n) is 3.11. The molecule has 1 fully saturated rings. The Morgan fingerprint density at radius 3 is 3.00 bits per heavy atom. The molecule has 1 saturated heterocycles. The highest BCUT2D eigenvalue weighted by Crippen LogP contribution is 2.24. The zero-order valence-electron chi connectivity index (χ0n) is 10.4. The van der Waals surface area contributed by atoms with E-state index >= 15 is 0 Å². The van der Waals surface area contributed by atoms with Crippen molar-refractivity contribution in [2.45, 2.75) is 25.9 Å². The molecule has 1 unspecified atom stereocenters. The minimum Gasteiger partial charge on any atom is -0.464 e. The molecule has 1 aliphatic heterocycles. The van der Waals surface area contributed by atoms with Gasteiger partial charge in [-0.2, -0.15) is 0 Å². The summed E-state index contributed by atoms with van der Waals surface area (Å²) in [4.78, 5) is 2.38. The van der Waals surface area contributed by atoms with Crippen molar-refractivity contribution in [2.75, 3.05) is 32.8 Å². The van der Waals surface area contributed by atoms with Crippen LogP contribution in [0.3, 0.4) is 0 Å². The Kier molecular flexibility index (Phi) is 4.59. The molecule has 0 bridgehead atoms. The van der Waals surface area contributed by atoms with E-state index in [0.29, 0.717) is 0 Å². The number of morpholine rings is 1. The topological polar surface area (TPSA) is 45.8 Å². The van der Waals surface area contributed by atoms with Gasteiger partial charge in [-0.3, -0.25) is 4.90 Å². The molecule has 0 spiro atoms. The normalized spacial score (nSPS) is 21.9. The number of aryl methyl sites for hydroxylation is 1. The average molecular weight is 239 g/mol. The van der Waals surface area contributed by atoms with Crippen LogP contribution < -0.4 is 0 Å². The number of aliphatic hydroxyl groups is 1. The summed E-state index contributed by atoms with van der Waals surface area (Å²) in [6.45, 7) is 5.88. The van der Waals surface area contributed by atoms with E-state index in [9.17, 15) is 0 Å². The average Bonchev–Trinajstić information content (AvgIpc) is 2.77. The van der Waals surface area contributed by atoms with E-state index in [4.69, 9.17) is 14.3 Å². The quantitative estimate of drug-likeness (QED) is 0.795. The highest BCUT2D eigenvalue weighted by molar-refractivity contribution is 5.09. The van der Waals surface area contributed by atoms with Gasteiger partial charge in [0, 0.05) is 19.7 Å². The summed E-state index contributed by atoms with van der Waals surface area (Å²) in [5, 5.41) is 8.77. The van der Waals surface area contributed by atoms with E-state index in [-0.39, 0.29) is 12.7 Å². The fraction of sp³-hybridized carbons (Fsp3) is 0.692. The van der Waals surface area contributed by atoms with E-state index in [2.05, 4.69) is 4.90 Å². The lowest BCUT2D eigenvalue weighted by atomic mass is 10.2. The molecule has 1 aromatic heterocycles. The lowest BCUT2D eigenvalue weighted by molar-refractivity contribution is -0.0408. The molecule has 1 aromatic rings. The summed E-state index contributed by atoms with van der Waals surface area (Å²) >= 11 is 0. The van der Waals surface area contributed by atoms with Gasteiger partial charge in [0.05, 0.1) is 6.61 Å². The highest BCUT2D eigenvalue weighted by Gasteiger charge is 2.23. The van der Waals surface area contributed by atoms with E-state index in [1.807, 2.05) is 19.1 Å². The van der Waals surface area contributed by atoms with Crippen molar-refractivity contribution in [3.05, 3.63) is 23.7 Å². The first-order valence-corrected chi connectivity index (χ1v) is 6.31. The second-order valence-corrected chi connectivity index (χ2v) is 4.54. The fourth-order valence-electron chi connectivity index (χ4n) is 2.15. The zero-order valence-corrected chi connectivity index (χ0v) is 10.4. The van der Waals surface area contributed by atoms with Crippen molar-refractivity contribution in [3.63, 3.8) is 0 Å². The molecule has 1 atom stereocenters. The number of aliphatic hydroxyl groups excluding tert-OH is 1. The summed E-state index contributed by atoms with van der Waals surface area (Å²) in [5.74, 6) is 1.86. The molecule has 1 aliphatic rings. The van der Waals surface area contributed by atoms with Crippen LogP contribution in [0.5, 0.6) is 0 Å². The molecule has 0 aromatic carbocycles. The van der Waals surface area contributed by atoms with Gasteiger partial charge in [-0.15, -0.1) is 0 Å². The first kappa shape index (κ1) is 12.6. The Morgan fingerprint density at radius 2 is 2.29 bits per heavy atom. The SMILES string of the molecule is Cc1ccc(C2CN(CCCCO)CCO2)o1. The van der Waals surface area contributed by atoms with Gasteiger partial charge in [0.25, 0.3) is 0 Å². The van der Waals surface area contributed by atoms with Gasteiger partial charge >= 0.3 is 0 Å². The van der Waals surface area contributed by atoms with E-state index in [1.165, 1.54) is 0 Å². The van der Waals surface area contributed by atoms with E-state index in [1.54, 1.807) is 0 Å². The van der Waals surface area contributed by atoms with Crippen LogP contribution >= 0.6 is 0 Å². The minimum atomic E-state index is 0.0616. The molecule has 0 saturated carbocycles. The molecule has 2 heterocycles. The van der Waals surface area contributed by atoms with Gasteiger partial charge in [0.1, 0.15) is 17.6 Å². The monoisotopic (exact) mass is 239 g/mol. The summed E-state index contributed by atoms with van der Waals surface area (Å²) < 4.78 is 11.3. The molecule has 96 valence electrons. The van der Waals surface area contributed by atoms with Gasteiger partial charge in [-0.05, 0) is 38.4 Å². The van der Waals surface area contributed by atoms with E-state index in [0.717, 1.165) is 50.6 Å². The van der Waals surface area contributed by atoms with Gasteiger partial charge < -0.3 is 14.3 Å². The summed E-state index contributed by atoms with van der Waals surface area (Å²) in [6, 6.07) is 3.97. The number of hydrogen-bond acceptors (Lipinski definition) is 4. The number of ether oxygens (including phenoxy) is 1. The predicted octanol–water partition coefficient (Wildman–Crippen LogP) is 1.73. The Morgan fingerprint density at radius 1 is 1.41 bits per heavy atom. The first-order chi connectivity index (χ1) is 8.29. The van der Waals surface area contributed by atoms with E-state index < -0.39 is 0 Å². The molecule has 1 N–H and O–H groups in total. The Labute approximate surface area is 102 Å². The lowest BCUT2D eigenvalue weighted by Gasteiger charge is -2.31. The summed E-state index contributed by atoms with van der Waals surface area (Å²) in [7, 11) is 0. The van der Waals surface area contributed by atoms with Crippen LogP contribution in [-0.2, 0) is 4.74 Å². The maximum Gasteiger partial charge on any atom is 0.134 e. The molecule has 17 heavy (non-hydrogen) atoms. The van der Waals surface area contributed by atoms with Crippen molar-refractivity contribution in [1.29, 1.82) is 0 Å². The Balaban J connectivity index is 1.84. The molecule has 2 rings (SSSR count). The van der Waals surface area contributed by atoms with Crippen LogP contribution in [0.2, 0.25) is 0 Å². The molecule has 4 nitrogen and oxygen atoms in total. The second-order valence-electron chi connectivity index (χ2n) is 4.54. The number of rotatable bonds is 5. The summed E-state index contributed by atoms with van der Waals surface area (Å²) in [5.41, 5.74) is 0. The molecular formula is C13H21NO3. The summed E-state index contributed by atoms with van der Waals surface area (Å²) in [6.07, 6.45) is 1.98. The van der Waals surface area contributed by atoms with Crippen LogP contribution in [-0.4, -0.2) is 42.9 Å². The number of furan rings is 1. The third kappa shape index (κ3) is 3.56. The number of unbranched alkanes of at least 4 members (excludes halogenated alkanes) is 1. The Hall–Kier alpha value is -0.840. The van der Waals surface area contributed by atoms with Crippen LogP contribution in [0.25, 0.3) is 0 Å². The highest BCUT2D eigenvalue weighted by atomic mass is 16.5. The Bertz CT molecular complexity index is 337. The molecule has 0 amide bonds. The number of hydrogen-bond donors (Lipinski definition) is 1. The fourth-order valence-corrected chi connectivity index (χ4v) is 2.15. The molecule has 4 heteroatoms. The molecule has 0 aliphatic carbocycles. The van der Waals surface area contributed by atoms with Crippen LogP contribution in [0.15, 0.2) is 16.5 Å². The van der Waals surface area contributed by atoms with Crippen LogP contribution in [0.4, 0.5) is 0 Å². The largest absolute Gasteiger partial charge is 0.464 e. The van der Waals surface area contributed by atoms with Crippen LogP contribution in [0.1, 0.15) is 30.5 Å². The maximum atomic E-state index is 8.77. The van der Waals surface area contributed by atoms with Crippen molar-refractivity contribution < 1.29 is 14.3 Å². The molecular weight excluding hydrogens is 218 g/mol. The minimum absolute atomic E-state index is 0.0616. The van der Waals surface area contributed by atoms with Crippen molar-refractivity contribution in [1.82, 2.24) is 4.90 Å². The third-order valence-corrected chi connectivity index (χ3v) is 3.11. The van der Waals surface area contributed by atoms with Crippen LogP contribution in [0, 0.1) is 6.92 Å². The molecule has 0 radical (unpaired) electrons. The maximum absolute atomic E-state index is 8.77.